The molecular formula is C21H32N2O4. The van der Waals surface area contributed by atoms with Crippen LogP contribution < -0.4 is 10.1 Å². The Morgan fingerprint density at radius 1 is 1.19 bits per heavy atom. The number of carbonyl (C=O) groups excluding carboxylic acids is 3. The van der Waals surface area contributed by atoms with Gasteiger partial charge in [0, 0.05) is 24.9 Å². The van der Waals surface area contributed by atoms with E-state index in [2.05, 4.69) is 5.32 Å². The van der Waals surface area contributed by atoms with E-state index >= 15 is 0 Å². The van der Waals surface area contributed by atoms with E-state index in [0.717, 1.165) is 5.56 Å². The van der Waals surface area contributed by atoms with Gasteiger partial charge in [0.15, 0.2) is 5.78 Å². The maximum Gasteiger partial charge on any atom is 0.236 e. The quantitative estimate of drug-likeness (QED) is 0.740. The van der Waals surface area contributed by atoms with Gasteiger partial charge < -0.3 is 15.0 Å². The maximum atomic E-state index is 13.0. The Balaban J connectivity index is 3.22. The van der Waals surface area contributed by atoms with Crippen molar-refractivity contribution in [3.8, 4) is 5.75 Å². The van der Waals surface area contributed by atoms with Gasteiger partial charge in [-0.15, -0.1) is 0 Å². The standard InChI is InChI=1S/C21H32N2O4/c1-13(2)23(15(4)24)12-16(19(25)21(5,6)7)20(26)22-17-11-14(3)9-10-18(17)27-8/h9-11,13,16H,12H2,1-8H3,(H,22,26). The van der Waals surface area contributed by atoms with Gasteiger partial charge in [-0.25, -0.2) is 0 Å². The molecule has 1 aromatic rings. The number of amides is 2. The number of hydrogen-bond donors (Lipinski definition) is 1. The molecule has 0 saturated carbocycles. The van der Waals surface area contributed by atoms with Crippen LogP contribution in [-0.2, 0) is 14.4 Å². The van der Waals surface area contributed by atoms with Crippen molar-refractivity contribution in [1.82, 2.24) is 4.90 Å². The topological polar surface area (TPSA) is 75.7 Å². The molecule has 1 aromatic carbocycles. The molecule has 0 saturated heterocycles. The zero-order chi connectivity index (χ0) is 20.9. The fourth-order valence-corrected chi connectivity index (χ4v) is 2.85. The first-order valence-electron chi connectivity index (χ1n) is 9.15. The van der Waals surface area contributed by atoms with E-state index in [4.69, 9.17) is 4.74 Å². The van der Waals surface area contributed by atoms with Crippen LogP contribution in [0.4, 0.5) is 5.69 Å². The van der Waals surface area contributed by atoms with Crippen molar-refractivity contribution < 1.29 is 19.1 Å². The highest BCUT2D eigenvalue weighted by molar-refractivity contribution is 6.09. The van der Waals surface area contributed by atoms with Gasteiger partial charge in [0.05, 0.1) is 12.8 Å². The number of carbonyl (C=O) groups is 3. The fourth-order valence-electron chi connectivity index (χ4n) is 2.85. The fraction of sp³-hybridized carbons (Fsp3) is 0.571. The van der Waals surface area contributed by atoms with Crippen LogP contribution in [0.3, 0.4) is 0 Å². The van der Waals surface area contributed by atoms with Crippen molar-refractivity contribution in [2.24, 2.45) is 11.3 Å². The van der Waals surface area contributed by atoms with Crippen molar-refractivity contribution in [2.75, 3.05) is 19.0 Å². The first-order chi connectivity index (χ1) is 12.4. The zero-order valence-corrected chi connectivity index (χ0v) is 17.7. The van der Waals surface area contributed by atoms with Crippen molar-refractivity contribution >= 4 is 23.3 Å². The Kier molecular flexibility index (Phi) is 7.57. The van der Waals surface area contributed by atoms with E-state index in [-0.39, 0.29) is 24.3 Å². The Hall–Kier alpha value is -2.37. The lowest BCUT2D eigenvalue weighted by atomic mass is 9.82. The Morgan fingerprint density at radius 2 is 1.78 bits per heavy atom. The normalized spacial score (nSPS) is 12.5. The number of ketones is 1. The first-order valence-corrected chi connectivity index (χ1v) is 9.15. The van der Waals surface area contributed by atoms with E-state index in [1.807, 2.05) is 26.8 Å². The molecule has 0 aliphatic rings. The smallest absolute Gasteiger partial charge is 0.236 e. The van der Waals surface area contributed by atoms with E-state index < -0.39 is 17.2 Å². The van der Waals surface area contributed by atoms with E-state index in [1.165, 1.54) is 14.0 Å². The molecule has 0 fully saturated rings. The molecule has 0 spiro atoms. The molecule has 1 atom stereocenters. The third-order valence-electron chi connectivity index (χ3n) is 4.39. The summed E-state index contributed by atoms with van der Waals surface area (Å²) in [6, 6.07) is 5.32. The van der Waals surface area contributed by atoms with Crippen LogP contribution in [0.25, 0.3) is 0 Å². The number of aryl methyl sites for hydroxylation is 1. The Bertz CT molecular complexity index is 705. The molecular weight excluding hydrogens is 344 g/mol. The van der Waals surface area contributed by atoms with Crippen molar-refractivity contribution in [2.45, 2.75) is 54.5 Å². The van der Waals surface area contributed by atoms with Crippen LogP contribution in [-0.4, -0.2) is 42.2 Å². The predicted octanol–water partition coefficient (Wildman–Crippen LogP) is 3.43. The van der Waals surface area contributed by atoms with Gasteiger partial charge in [0.1, 0.15) is 11.7 Å². The summed E-state index contributed by atoms with van der Waals surface area (Å²) in [7, 11) is 1.52. The number of ether oxygens (including phenoxy) is 1. The van der Waals surface area contributed by atoms with Crippen LogP contribution >= 0.6 is 0 Å². The van der Waals surface area contributed by atoms with Gasteiger partial charge in [-0.2, -0.15) is 0 Å². The maximum absolute atomic E-state index is 13.0. The number of rotatable bonds is 7. The molecule has 6 nitrogen and oxygen atoms in total. The molecule has 0 bridgehead atoms. The minimum atomic E-state index is -0.971. The molecule has 0 radical (unpaired) electrons. The third kappa shape index (κ3) is 6.08. The van der Waals surface area contributed by atoms with Gasteiger partial charge in [0.25, 0.3) is 0 Å². The van der Waals surface area contributed by atoms with Gasteiger partial charge in [-0.3, -0.25) is 14.4 Å². The summed E-state index contributed by atoms with van der Waals surface area (Å²) in [6.07, 6.45) is 0. The Morgan fingerprint density at radius 3 is 2.22 bits per heavy atom. The van der Waals surface area contributed by atoms with Crippen LogP contribution in [0.15, 0.2) is 18.2 Å². The van der Waals surface area contributed by atoms with Crippen molar-refractivity contribution in [3.63, 3.8) is 0 Å². The van der Waals surface area contributed by atoms with E-state index in [9.17, 15) is 14.4 Å². The largest absolute Gasteiger partial charge is 0.495 e. The van der Waals surface area contributed by atoms with Crippen LogP contribution in [0, 0.1) is 18.3 Å². The van der Waals surface area contributed by atoms with Gasteiger partial charge >= 0.3 is 0 Å². The van der Waals surface area contributed by atoms with Crippen molar-refractivity contribution in [3.05, 3.63) is 23.8 Å². The number of nitrogens with one attached hydrogen (secondary N) is 1. The van der Waals surface area contributed by atoms with Crippen LogP contribution in [0.2, 0.25) is 0 Å². The molecule has 1 N–H and O–H groups in total. The van der Waals surface area contributed by atoms with E-state index in [0.29, 0.717) is 11.4 Å². The first kappa shape index (κ1) is 22.7. The van der Waals surface area contributed by atoms with Crippen molar-refractivity contribution in [1.29, 1.82) is 0 Å². The second-order valence-electron chi connectivity index (χ2n) is 8.12. The Labute approximate surface area is 162 Å². The average molecular weight is 376 g/mol. The van der Waals surface area contributed by atoms with Crippen LogP contribution in [0.1, 0.15) is 47.1 Å². The minimum absolute atomic E-state index is 0.0447. The molecule has 0 heterocycles. The van der Waals surface area contributed by atoms with E-state index in [1.54, 1.807) is 37.8 Å². The lowest BCUT2D eigenvalue weighted by molar-refractivity contribution is -0.139. The summed E-state index contributed by atoms with van der Waals surface area (Å²) < 4.78 is 5.30. The summed E-state index contributed by atoms with van der Waals surface area (Å²) in [4.78, 5) is 39.5. The summed E-state index contributed by atoms with van der Waals surface area (Å²) in [6.45, 7) is 12.4. The lowest BCUT2D eigenvalue weighted by Gasteiger charge is -2.31. The number of anilines is 1. The molecule has 6 heteroatoms. The highest BCUT2D eigenvalue weighted by atomic mass is 16.5. The SMILES string of the molecule is COc1ccc(C)cc1NC(=O)C(CN(C(C)=O)C(C)C)C(=O)C(C)(C)C. The average Bonchev–Trinajstić information content (AvgIpc) is 2.53. The third-order valence-corrected chi connectivity index (χ3v) is 4.39. The second kappa shape index (κ2) is 9.02. The second-order valence-corrected chi connectivity index (χ2v) is 8.12. The molecule has 1 unspecified atom stereocenters. The molecule has 2 amide bonds. The zero-order valence-electron chi connectivity index (χ0n) is 17.7. The number of nitrogens with zero attached hydrogens (tertiary/aromatic N) is 1. The molecule has 0 aromatic heterocycles. The van der Waals surface area contributed by atoms with Gasteiger partial charge in [0.2, 0.25) is 11.8 Å². The number of methoxy groups -OCH3 is 1. The summed E-state index contributed by atoms with van der Waals surface area (Å²) in [5, 5.41) is 2.82. The number of Topliss-reactive ketones (excluding diaryl/α,β-unsaturated/α-hetero) is 1. The highest BCUT2D eigenvalue weighted by Crippen LogP contribution is 2.28. The predicted molar refractivity (Wildman–Crippen MR) is 107 cm³/mol. The monoisotopic (exact) mass is 376 g/mol. The molecule has 150 valence electrons. The van der Waals surface area contributed by atoms with Gasteiger partial charge in [-0.1, -0.05) is 26.8 Å². The summed E-state index contributed by atoms with van der Waals surface area (Å²) in [5.41, 5.74) is 0.753. The summed E-state index contributed by atoms with van der Waals surface area (Å²) in [5.74, 6) is -1.27. The number of hydrogen-bond acceptors (Lipinski definition) is 4. The molecule has 0 aliphatic carbocycles. The molecule has 0 aliphatic heterocycles. The molecule has 27 heavy (non-hydrogen) atoms. The molecule has 1 rings (SSSR count). The van der Waals surface area contributed by atoms with Crippen LogP contribution in [0.5, 0.6) is 5.75 Å². The number of benzene rings is 1. The highest BCUT2D eigenvalue weighted by Gasteiger charge is 2.37. The summed E-state index contributed by atoms with van der Waals surface area (Å²) >= 11 is 0. The minimum Gasteiger partial charge on any atom is -0.495 e. The van der Waals surface area contributed by atoms with Gasteiger partial charge in [-0.05, 0) is 38.5 Å². The lowest BCUT2D eigenvalue weighted by Crippen LogP contribution is -2.47.